The van der Waals surface area contributed by atoms with E-state index in [-0.39, 0.29) is 5.91 Å². The number of hydrogen-bond donors (Lipinski definition) is 2. The molecule has 19 heavy (non-hydrogen) atoms. The van der Waals surface area contributed by atoms with Crippen LogP contribution in [0, 0.1) is 13.8 Å². The molecule has 2 aromatic carbocycles. The normalized spacial score (nSPS) is 10.3. The lowest BCUT2D eigenvalue weighted by Gasteiger charge is -2.11. The molecule has 4 heteroatoms. The average molecular weight is 319 g/mol. The van der Waals surface area contributed by atoms with E-state index in [0.29, 0.717) is 11.3 Å². The van der Waals surface area contributed by atoms with Crippen molar-refractivity contribution in [2.45, 2.75) is 13.8 Å². The van der Waals surface area contributed by atoms with E-state index in [9.17, 15) is 4.79 Å². The molecule has 0 unspecified atom stereocenters. The first-order valence-corrected chi connectivity index (χ1v) is 6.70. The second kappa shape index (κ2) is 5.45. The van der Waals surface area contributed by atoms with Gasteiger partial charge in [-0.25, -0.2) is 0 Å². The number of nitrogens with one attached hydrogen (secondary N) is 1. The maximum absolute atomic E-state index is 12.3. The second-order valence-corrected chi connectivity index (χ2v) is 5.40. The van der Waals surface area contributed by atoms with Crippen molar-refractivity contribution in [2.24, 2.45) is 0 Å². The predicted octanol–water partition coefficient (Wildman–Crippen LogP) is 3.90. The number of hydrogen-bond acceptors (Lipinski definition) is 2. The fourth-order valence-corrected chi connectivity index (χ4v) is 2.16. The van der Waals surface area contributed by atoms with Crippen LogP contribution in [0.3, 0.4) is 0 Å². The van der Waals surface area contributed by atoms with Gasteiger partial charge in [-0.3, -0.25) is 4.79 Å². The van der Waals surface area contributed by atoms with Gasteiger partial charge in [-0.05, 0) is 49.2 Å². The zero-order chi connectivity index (χ0) is 14.0. The summed E-state index contributed by atoms with van der Waals surface area (Å²) in [6.45, 7) is 3.84. The van der Waals surface area contributed by atoms with Gasteiger partial charge in [0, 0.05) is 21.4 Å². The SMILES string of the molecule is Cc1ccc(N)cc1NC(=O)c1cc(Br)ccc1C. The Balaban J connectivity index is 2.30. The molecule has 2 rings (SSSR count). The minimum Gasteiger partial charge on any atom is -0.399 e. The van der Waals surface area contributed by atoms with Gasteiger partial charge >= 0.3 is 0 Å². The number of amides is 1. The summed E-state index contributed by atoms with van der Waals surface area (Å²) in [5.74, 6) is -0.132. The first kappa shape index (κ1) is 13.6. The van der Waals surface area contributed by atoms with E-state index in [1.54, 1.807) is 6.07 Å². The minimum absolute atomic E-state index is 0.132. The lowest BCUT2D eigenvalue weighted by atomic mass is 10.1. The van der Waals surface area contributed by atoms with E-state index in [2.05, 4.69) is 21.2 Å². The van der Waals surface area contributed by atoms with Crippen LogP contribution in [0.4, 0.5) is 11.4 Å². The molecule has 2 aromatic rings. The number of nitrogens with two attached hydrogens (primary N) is 1. The molecule has 3 N–H and O–H groups in total. The number of aryl methyl sites for hydroxylation is 2. The highest BCUT2D eigenvalue weighted by atomic mass is 79.9. The Hall–Kier alpha value is -1.81. The van der Waals surface area contributed by atoms with Crippen molar-refractivity contribution >= 4 is 33.2 Å². The van der Waals surface area contributed by atoms with Gasteiger partial charge in [0.25, 0.3) is 5.91 Å². The van der Waals surface area contributed by atoms with E-state index in [4.69, 9.17) is 5.73 Å². The summed E-state index contributed by atoms with van der Waals surface area (Å²) in [5, 5.41) is 2.90. The minimum atomic E-state index is -0.132. The third-order valence-corrected chi connectivity index (χ3v) is 3.45. The molecule has 3 nitrogen and oxygen atoms in total. The first-order chi connectivity index (χ1) is 8.97. The highest BCUT2D eigenvalue weighted by molar-refractivity contribution is 9.10. The molecule has 0 saturated heterocycles. The lowest BCUT2D eigenvalue weighted by Crippen LogP contribution is -2.14. The van der Waals surface area contributed by atoms with Crippen LogP contribution in [0.2, 0.25) is 0 Å². The average Bonchev–Trinajstić information content (AvgIpc) is 2.36. The van der Waals surface area contributed by atoms with Gasteiger partial charge < -0.3 is 11.1 Å². The fraction of sp³-hybridized carbons (Fsp3) is 0.133. The maximum Gasteiger partial charge on any atom is 0.255 e. The predicted molar refractivity (Wildman–Crippen MR) is 82.4 cm³/mol. The van der Waals surface area contributed by atoms with Crippen molar-refractivity contribution < 1.29 is 4.79 Å². The van der Waals surface area contributed by atoms with Crippen molar-refractivity contribution in [2.75, 3.05) is 11.1 Å². The number of rotatable bonds is 2. The molecule has 0 aromatic heterocycles. The summed E-state index contributed by atoms with van der Waals surface area (Å²) in [7, 11) is 0. The maximum atomic E-state index is 12.3. The Kier molecular flexibility index (Phi) is 3.90. The van der Waals surface area contributed by atoms with Gasteiger partial charge in [0.05, 0.1) is 0 Å². The van der Waals surface area contributed by atoms with Crippen LogP contribution < -0.4 is 11.1 Å². The smallest absolute Gasteiger partial charge is 0.255 e. The number of nitrogen functional groups attached to an aromatic ring is 1. The Labute approximate surface area is 121 Å². The summed E-state index contributed by atoms with van der Waals surface area (Å²) in [5.41, 5.74) is 9.67. The van der Waals surface area contributed by atoms with Crippen molar-refractivity contribution in [3.8, 4) is 0 Å². The zero-order valence-electron chi connectivity index (χ0n) is 10.8. The van der Waals surface area contributed by atoms with Gasteiger partial charge in [-0.15, -0.1) is 0 Å². The van der Waals surface area contributed by atoms with Crippen LogP contribution in [0.15, 0.2) is 40.9 Å². The van der Waals surface area contributed by atoms with Gasteiger partial charge in [0.1, 0.15) is 0 Å². The number of benzene rings is 2. The third-order valence-electron chi connectivity index (χ3n) is 2.95. The molecular formula is C15H15BrN2O. The standard InChI is InChI=1S/C15H15BrN2O/c1-9-3-5-11(16)7-13(9)15(19)18-14-8-12(17)6-4-10(14)2/h3-8H,17H2,1-2H3,(H,18,19). The molecule has 0 heterocycles. The van der Waals surface area contributed by atoms with Crippen LogP contribution >= 0.6 is 15.9 Å². The van der Waals surface area contributed by atoms with E-state index in [1.165, 1.54) is 0 Å². The largest absolute Gasteiger partial charge is 0.399 e. The van der Waals surface area contributed by atoms with Crippen LogP contribution in [0.1, 0.15) is 21.5 Å². The van der Waals surface area contributed by atoms with Gasteiger partial charge in [-0.1, -0.05) is 28.1 Å². The van der Waals surface area contributed by atoms with E-state index < -0.39 is 0 Å². The van der Waals surface area contributed by atoms with Gasteiger partial charge in [0.15, 0.2) is 0 Å². The van der Waals surface area contributed by atoms with Crippen LogP contribution in [0.25, 0.3) is 0 Å². The lowest BCUT2D eigenvalue weighted by molar-refractivity contribution is 0.102. The van der Waals surface area contributed by atoms with Crippen molar-refractivity contribution in [1.29, 1.82) is 0 Å². The molecule has 0 fully saturated rings. The van der Waals surface area contributed by atoms with Gasteiger partial charge in [-0.2, -0.15) is 0 Å². The van der Waals surface area contributed by atoms with Crippen molar-refractivity contribution in [3.05, 3.63) is 57.6 Å². The number of carbonyl (C=O) groups excluding carboxylic acids is 1. The van der Waals surface area contributed by atoms with E-state index >= 15 is 0 Å². The molecule has 0 aliphatic carbocycles. The molecule has 0 aliphatic rings. The highest BCUT2D eigenvalue weighted by Gasteiger charge is 2.11. The molecule has 0 radical (unpaired) electrons. The molecule has 0 saturated carbocycles. The summed E-state index contributed by atoms with van der Waals surface area (Å²) >= 11 is 3.38. The van der Waals surface area contributed by atoms with Crippen LogP contribution in [0.5, 0.6) is 0 Å². The third kappa shape index (κ3) is 3.15. The Morgan fingerprint density at radius 2 is 1.79 bits per heavy atom. The summed E-state index contributed by atoms with van der Waals surface area (Å²) < 4.78 is 0.882. The number of anilines is 2. The summed E-state index contributed by atoms with van der Waals surface area (Å²) in [6, 6.07) is 11.1. The zero-order valence-corrected chi connectivity index (χ0v) is 12.4. The summed E-state index contributed by atoms with van der Waals surface area (Å²) in [4.78, 5) is 12.3. The molecule has 1 amide bonds. The summed E-state index contributed by atoms with van der Waals surface area (Å²) in [6.07, 6.45) is 0. The quantitative estimate of drug-likeness (QED) is 0.825. The molecule has 0 bridgehead atoms. The first-order valence-electron chi connectivity index (χ1n) is 5.91. The van der Waals surface area contributed by atoms with E-state index in [1.807, 2.05) is 44.2 Å². The number of halogens is 1. The Bertz CT molecular complexity index is 638. The van der Waals surface area contributed by atoms with Crippen LogP contribution in [-0.4, -0.2) is 5.91 Å². The van der Waals surface area contributed by atoms with Crippen molar-refractivity contribution in [1.82, 2.24) is 0 Å². The molecule has 98 valence electrons. The fourth-order valence-electron chi connectivity index (χ4n) is 1.80. The monoisotopic (exact) mass is 318 g/mol. The van der Waals surface area contributed by atoms with Gasteiger partial charge in [0.2, 0.25) is 0 Å². The Morgan fingerprint density at radius 3 is 2.53 bits per heavy atom. The molecule has 0 atom stereocenters. The topological polar surface area (TPSA) is 55.1 Å². The van der Waals surface area contributed by atoms with Crippen LogP contribution in [-0.2, 0) is 0 Å². The number of carbonyl (C=O) groups is 1. The highest BCUT2D eigenvalue weighted by Crippen LogP contribution is 2.21. The molecular weight excluding hydrogens is 304 g/mol. The molecule has 0 aliphatic heterocycles. The molecule has 0 spiro atoms. The Morgan fingerprint density at radius 1 is 1.11 bits per heavy atom. The van der Waals surface area contributed by atoms with Crippen molar-refractivity contribution in [3.63, 3.8) is 0 Å². The second-order valence-electron chi connectivity index (χ2n) is 4.49. The van der Waals surface area contributed by atoms with E-state index in [0.717, 1.165) is 21.3 Å².